The highest BCUT2D eigenvalue weighted by Crippen LogP contribution is 2.33. The maximum absolute atomic E-state index is 13.6. The molecule has 0 saturated carbocycles. The third-order valence-electron chi connectivity index (χ3n) is 6.86. The van der Waals surface area contributed by atoms with E-state index in [0.717, 1.165) is 54.8 Å². The van der Waals surface area contributed by atoms with E-state index in [1.54, 1.807) is 12.1 Å². The first-order valence-corrected chi connectivity index (χ1v) is 12.5. The fourth-order valence-electron chi connectivity index (χ4n) is 4.83. The van der Waals surface area contributed by atoms with Crippen molar-refractivity contribution in [3.05, 3.63) is 120 Å². The van der Waals surface area contributed by atoms with Crippen molar-refractivity contribution in [3.8, 4) is 22.4 Å². The van der Waals surface area contributed by atoms with Gasteiger partial charge in [-0.25, -0.2) is 9.37 Å². The van der Waals surface area contributed by atoms with Crippen LogP contribution in [-0.2, 0) is 19.6 Å². The summed E-state index contributed by atoms with van der Waals surface area (Å²) in [6, 6.07) is 27.7. The van der Waals surface area contributed by atoms with Crippen LogP contribution in [-0.4, -0.2) is 26.0 Å². The molecule has 0 radical (unpaired) electrons. The second-order valence-electron chi connectivity index (χ2n) is 9.52. The molecule has 1 aliphatic heterocycles. The van der Waals surface area contributed by atoms with Crippen LogP contribution in [0.2, 0.25) is 0 Å². The summed E-state index contributed by atoms with van der Waals surface area (Å²) in [5, 5.41) is 3.59. The van der Waals surface area contributed by atoms with Crippen molar-refractivity contribution in [1.29, 1.82) is 0 Å². The Balaban J connectivity index is 1.25. The summed E-state index contributed by atoms with van der Waals surface area (Å²) >= 11 is 0. The van der Waals surface area contributed by atoms with Crippen molar-refractivity contribution < 1.29 is 4.39 Å². The second kappa shape index (κ2) is 9.99. The van der Waals surface area contributed by atoms with Crippen LogP contribution < -0.4 is 5.32 Å². The average Bonchev–Trinajstić information content (AvgIpc) is 3.28. The number of hydrogen-bond donors (Lipinski definition) is 1. The van der Waals surface area contributed by atoms with Crippen LogP contribution in [0.15, 0.2) is 97.3 Å². The maximum Gasteiger partial charge on any atom is 0.138 e. The summed E-state index contributed by atoms with van der Waals surface area (Å²) in [6.07, 6.45) is 3.64. The molecule has 5 aromatic rings. The molecule has 0 unspecified atom stereocenters. The van der Waals surface area contributed by atoms with Gasteiger partial charge in [-0.05, 0) is 72.1 Å². The Bertz CT molecular complexity index is 1490. The first-order valence-electron chi connectivity index (χ1n) is 12.5. The number of pyridine rings is 1. The van der Waals surface area contributed by atoms with Gasteiger partial charge in [-0.2, -0.15) is 0 Å². The highest BCUT2D eigenvalue weighted by atomic mass is 19.1. The average molecular weight is 490 g/mol. The summed E-state index contributed by atoms with van der Waals surface area (Å²) in [5.74, 6) is 1.71. The number of aryl methyl sites for hydroxylation is 1. The molecule has 0 atom stereocenters. The van der Waals surface area contributed by atoms with E-state index in [2.05, 4.69) is 75.2 Å². The molecule has 0 bridgehead atoms. The van der Waals surface area contributed by atoms with Crippen LogP contribution in [0.4, 0.5) is 15.9 Å². The summed E-state index contributed by atoms with van der Waals surface area (Å²) in [5.41, 5.74) is 7.60. The minimum Gasteiger partial charge on any atom is -0.340 e. The van der Waals surface area contributed by atoms with E-state index in [4.69, 9.17) is 4.98 Å². The lowest BCUT2D eigenvalue weighted by molar-refractivity contribution is 0.210. The predicted molar refractivity (Wildman–Crippen MR) is 146 cm³/mol. The molecule has 184 valence electrons. The molecule has 3 aromatic carbocycles. The normalized spacial score (nSPS) is 13.4. The van der Waals surface area contributed by atoms with Gasteiger partial charge < -0.3 is 9.88 Å². The first kappa shape index (κ1) is 23.1. The molecule has 0 amide bonds. The monoisotopic (exact) mass is 489 g/mol. The number of fused-ring (bicyclic) bond motifs is 1. The van der Waals surface area contributed by atoms with Gasteiger partial charge in [0.15, 0.2) is 0 Å². The molecule has 0 fully saturated rings. The Hall–Kier alpha value is -4.29. The van der Waals surface area contributed by atoms with Crippen LogP contribution in [0.5, 0.6) is 0 Å². The van der Waals surface area contributed by atoms with Crippen LogP contribution in [0.1, 0.15) is 17.0 Å². The Kier molecular flexibility index (Phi) is 6.25. The number of rotatable bonds is 6. The molecule has 0 saturated heterocycles. The molecule has 37 heavy (non-hydrogen) atoms. The van der Waals surface area contributed by atoms with Gasteiger partial charge in [0.2, 0.25) is 0 Å². The fourth-order valence-corrected chi connectivity index (χ4v) is 4.83. The Morgan fingerprint density at radius 2 is 1.46 bits per heavy atom. The molecule has 1 aliphatic rings. The minimum absolute atomic E-state index is 0.248. The van der Waals surface area contributed by atoms with E-state index in [0.29, 0.717) is 0 Å². The molecular formula is C31H28FN5. The number of anilines is 2. The number of imidazole rings is 1. The Labute approximate surface area is 216 Å². The van der Waals surface area contributed by atoms with Crippen molar-refractivity contribution in [1.82, 2.24) is 19.4 Å². The topological polar surface area (TPSA) is 46.0 Å². The van der Waals surface area contributed by atoms with Crippen molar-refractivity contribution >= 4 is 11.5 Å². The van der Waals surface area contributed by atoms with Gasteiger partial charge >= 0.3 is 0 Å². The van der Waals surface area contributed by atoms with Crippen LogP contribution in [0.25, 0.3) is 22.4 Å². The zero-order chi connectivity index (χ0) is 25.2. The van der Waals surface area contributed by atoms with Gasteiger partial charge in [-0.1, -0.05) is 42.0 Å². The van der Waals surface area contributed by atoms with Gasteiger partial charge in [-0.15, -0.1) is 0 Å². The van der Waals surface area contributed by atoms with Gasteiger partial charge in [0.1, 0.15) is 23.2 Å². The fraction of sp³-hybridized carbons (Fsp3) is 0.161. The number of halogens is 1. The number of nitrogens with one attached hydrogen (secondary N) is 1. The van der Waals surface area contributed by atoms with Gasteiger partial charge in [0, 0.05) is 43.3 Å². The van der Waals surface area contributed by atoms with E-state index >= 15 is 0 Å². The molecule has 6 rings (SSSR count). The second-order valence-corrected chi connectivity index (χ2v) is 9.52. The van der Waals surface area contributed by atoms with Crippen molar-refractivity contribution in [3.63, 3.8) is 0 Å². The third-order valence-corrected chi connectivity index (χ3v) is 6.86. The molecule has 0 spiro atoms. The number of benzene rings is 3. The first-order chi connectivity index (χ1) is 18.1. The molecule has 2 aromatic heterocycles. The van der Waals surface area contributed by atoms with Gasteiger partial charge in [0.25, 0.3) is 0 Å². The summed E-state index contributed by atoms with van der Waals surface area (Å²) in [6.45, 7) is 5.43. The zero-order valence-electron chi connectivity index (χ0n) is 20.7. The van der Waals surface area contributed by atoms with Crippen LogP contribution in [0, 0.1) is 12.7 Å². The largest absolute Gasteiger partial charge is 0.340 e. The Morgan fingerprint density at radius 3 is 2.19 bits per heavy atom. The Morgan fingerprint density at radius 1 is 0.784 bits per heavy atom. The molecule has 5 nitrogen and oxygen atoms in total. The van der Waals surface area contributed by atoms with Gasteiger partial charge in [-0.3, -0.25) is 9.88 Å². The quantitative estimate of drug-likeness (QED) is 0.284. The molecule has 3 heterocycles. The molecule has 6 heteroatoms. The smallest absolute Gasteiger partial charge is 0.138 e. The molecule has 1 N–H and O–H groups in total. The van der Waals surface area contributed by atoms with Gasteiger partial charge in [0.05, 0.1) is 6.54 Å². The summed E-state index contributed by atoms with van der Waals surface area (Å²) in [4.78, 5) is 11.6. The number of hydrogen-bond acceptors (Lipinski definition) is 4. The minimum atomic E-state index is -0.248. The number of nitrogens with zero attached hydrogens (tertiary/aromatic N) is 4. The summed E-state index contributed by atoms with van der Waals surface area (Å²) < 4.78 is 15.9. The highest BCUT2D eigenvalue weighted by molar-refractivity contribution is 5.76. The van der Waals surface area contributed by atoms with E-state index in [1.807, 2.05) is 24.5 Å². The van der Waals surface area contributed by atoms with E-state index in [9.17, 15) is 4.39 Å². The van der Waals surface area contributed by atoms with Crippen molar-refractivity contribution in [2.45, 2.75) is 26.6 Å². The molecular weight excluding hydrogens is 461 g/mol. The van der Waals surface area contributed by atoms with Crippen LogP contribution in [0.3, 0.4) is 0 Å². The SMILES string of the molecule is Cc1ccc(Nc2c(-c3ccc(F)cc3)nc3n2CCN(Cc2ccc(-c4ccncc4)cc2)C3)cc1. The van der Waals surface area contributed by atoms with E-state index in [-0.39, 0.29) is 5.82 Å². The standard InChI is InChI=1S/C31H28FN5/c1-22-2-12-28(13-3-22)34-31-30(26-8-10-27(32)11-9-26)35-29-21-36(18-19-37(29)31)20-23-4-6-24(7-5-23)25-14-16-33-17-15-25/h2-17,34H,18-21H2,1H3. The van der Waals surface area contributed by atoms with Crippen molar-refractivity contribution in [2.24, 2.45) is 0 Å². The molecule has 0 aliphatic carbocycles. The van der Waals surface area contributed by atoms with E-state index < -0.39 is 0 Å². The summed E-state index contributed by atoms with van der Waals surface area (Å²) in [7, 11) is 0. The lowest BCUT2D eigenvalue weighted by Gasteiger charge is -2.28. The predicted octanol–water partition coefficient (Wildman–Crippen LogP) is 6.82. The zero-order valence-corrected chi connectivity index (χ0v) is 20.7. The lowest BCUT2D eigenvalue weighted by Crippen LogP contribution is -2.33. The third kappa shape index (κ3) is 5.01. The maximum atomic E-state index is 13.6. The van der Waals surface area contributed by atoms with Crippen molar-refractivity contribution in [2.75, 3.05) is 11.9 Å². The van der Waals surface area contributed by atoms with E-state index in [1.165, 1.54) is 34.4 Å². The lowest BCUT2D eigenvalue weighted by atomic mass is 10.0. The highest BCUT2D eigenvalue weighted by Gasteiger charge is 2.24. The number of aromatic nitrogens is 3. The van der Waals surface area contributed by atoms with Crippen LogP contribution >= 0.6 is 0 Å².